The minimum atomic E-state index is -1.82. The van der Waals surface area contributed by atoms with Gasteiger partial charge < -0.3 is 21.7 Å². The van der Waals surface area contributed by atoms with Crippen molar-refractivity contribution in [1.29, 1.82) is 0 Å². The molecule has 2 atom stereocenters. The minimum Gasteiger partial charge on any atom is -0.676 e. The van der Waals surface area contributed by atoms with Gasteiger partial charge in [0.05, 0.1) is 0 Å². The van der Waals surface area contributed by atoms with Gasteiger partial charge in [-0.1, -0.05) is 25.7 Å². The van der Waals surface area contributed by atoms with Gasteiger partial charge in [-0.3, -0.25) is 0 Å². The standard InChI is InChI=1S/C6H12N2.C2H2O4.Pt/c7-5-3-1-2-4-6(5)8;3-1(4)2(5)6;/h5-8H,1-4H2;(H,3,4)(H,5,6);/q-2;;+2/t5-,6?;;/m1../s1. The van der Waals surface area contributed by atoms with Crippen molar-refractivity contribution in [3.63, 3.8) is 0 Å². The second-order valence-electron chi connectivity index (χ2n) is 3.11. The fourth-order valence-corrected chi connectivity index (χ4v) is 1.13. The van der Waals surface area contributed by atoms with Gasteiger partial charge in [-0.25, -0.2) is 9.59 Å². The van der Waals surface area contributed by atoms with Crippen molar-refractivity contribution in [2.75, 3.05) is 0 Å². The van der Waals surface area contributed by atoms with E-state index in [0.717, 1.165) is 12.8 Å². The summed E-state index contributed by atoms with van der Waals surface area (Å²) in [5.41, 5.74) is 14.6. The zero-order valence-electron chi connectivity index (χ0n) is 8.01. The molecular formula is C8H14N2O4Pt. The van der Waals surface area contributed by atoms with Gasteiger partial charge in [-0.05, 0) is 0 Å². The molecule has 0 aromatic carbocycles. The zero-order chi connectivity index (χ0) is 11.1. The molecule has 4 N–H and O–H groups in total. The Bertz CT molecular complexity index is 191. The van der Waals surface area contributed by atoms with E-state index in [1.54, 1.807) is 0 Å². The molecule has 0 aliphatic heterocycles. The van der Waals surface area contributed by atoms with E-state index in [4.69, 9.17) is 31.3 Å². The van der Waals surface area contributed by atoms with Crippen molar-refractivity contribution in [1.82, 2.24) is 0 Å². The SMILES string of the molecule is O=C(O)C(=O)O.[NH-]C1CCCC[C@H]1[NH-].[Pt+2]. The maximum atomic E-state index is 9.10. The van der Waals surface area contributed by atoms with Crippen LogP contribution in [0, 0.1) is 0 Å². The van der Waals surface area contributed by atoms with Crippen LogP contribution in [0.15, 0.2) is 0 Å². The normalized spacial score (nSPS) is 24.1. The summed E-state index contributed by atoms with van der Waals surface area (Å²) in [4.78, 5) is 18.2. The summed E-state index contributed by atoms with van der Waals surface area (Å²) in [5, 5.41) is 14.8. The molecule has 0 amide bonds. The van der Waals surface area contributed by atoms with Crippen LogP contribution in [0.25, 0.3) is 11.5 Å². The molecule has 0 bridgehead atoms. The monoisotopic (exact) mass is 397 g/mol. The molecule has 0 aromatic heterocycles. The largest absolute Gasteiger partial charge is 2.00 e. The molecule has 0 heterocycles. The summed E-state index contributed by atoms with van der Waals surface area (Å²) < 4.78 is 0. The summed E-state index contributed by atoms with van der Waals surface area (Å²) in [6, 6.07) is -0.160. The molecule has 0 spiro atoms. The number of aliphatic carboxylic acids is 2. The molecule has 1 aliphatic carbocycles. The van der Waals surface area contributed by atoms with Crippen LogP contribution in [0.4, 0.5) is 0 Å². The van der Waals surface area contributed by atoms with Crippen molar-refractivity contribution in [3.05, 3.63) is 11.5 Å². The Morgan fingerprint density at radius 2 is 1.20 bits per heavy atom. The molecule has 0 saturated heterocycles. The molecule has 1 aliphatic rings. The quantitative estimate of drug-likeness (QED) is 0.602. The number of hydrogen-bond acceptors (Lipinski definition) is 2. The van der Waals surface area contributed by atoms with E-state index in [-0.39, 0.29) is 33.1 Å². The fourth-order valence-electron chi connectivity index (χ4n) is 1.13. The van der Waals surface area contributed by atoms with Gasteiger partial charge in [-0.15, -0.1) is 0 Å². The Morgan fingerprint density at radius 3 is 1.33 bits per heavy atom. The van der Waals surface area contributed by atoms with Crippen LogP contribution in [0.1, 0.15) is 25.7 Å². The Hall–Kier alpha value is -0.452. The third-order valence-electron chi connectivity index (χ3n) is 1.95. The van der Waals surface area contributed by atoms with Crippen LogP contribution in [0.5, 0.6) is 0 Å². The van der Waals surface area contributed by atoms with Gasteiger partial charge in [0, 0.05) is 0 Å². The van der Waals surface area contributed by atoms with E-state index in [1.165, 1.54) is 12.8 Å². The van der Waals surface area contributed by atoms with Gasteiger partial charge in [0.15, 0.2) is 0 Å². The Labute approximate surface area is 102 Å². The Balaban J connectivity index is 0. The summed E-state index contributed by atoms with van der Waals surface area (Å²) in [6.45, 7) is 0. The molecule has 6 nitrogen and oxygen atoms in total. The smallest absolute Gasteiger partial charge is 0.676 e. The fraction of sp³-hybridized carbons (Fsp3) is 0.750. The van der Waals surface area contributed by atoms with Crippen molar-refractivity contribution in [2.45, 2.75) is 37.8 Å². The second-order valence-corrected chi connectivity index (χ2v) is 3.11. The third kappa shape index (κ3) is 8.54. The molecule has 0 aromatic rings. The second kappa shape index (κ2) is 8.82. The first-order valence-electron chi connectivity index (χ1n) is 4.33. The summed E-state index contributed by atoms with van der Waals surface area (Å²) in [6.07, 6.45) is 4.25. The number of nitrogens with one attached hydrogen (secondary N) is 2. The van der Waals surface area contributed by atoms with Crippen LogP contribution in [-0.4, -0.2) is 34.2 Å². The maximum absolute atomic E-state index is 9.10. The summed E-state index contributed by atoms with van der Waals surface area (Å²) >= 11 is 0. The summed E-state index contributed by atoms with van der Waals surface area (Å²) in [5.74, 6) is -3.65. The number of carboxylic acids is 2. The molecule has 1 saturated carbocycles. The summed E-state index contributed by atoms with van der Waals surface area (Å²) in [7, 11) is 0. The van der Waals surface area contributed by atoms with Crippen LogP contribution in [0.2, 0.25) is 0 Å². The van der Waals surface area contributed by atoms with Gasteiger partial charge >= 0.3 is 33.0 Å². The number of carboxylic acid groups (broad SMARTS) is 2. The van der Waals surface area contributed by atoms with Gasteiger partial charge in [0.2, 0.25) is 0 Å². The van der Waals surface area contributed by atoms with E-state index < -0.39 is 11.9 Å². The van der Waals surface area contributed by atoms with Crippen LogP contribution >= 0.6 is 0 Å². The molecule has 0 radical (unpaired) electrons. The Kier molecular flexibility index (Phi) is 9.98. The van der Waals surface area contributed by atoms with Crippen LogP contribution in [0.3, 0.4) is 0 Å². The van der Waals surface area contributed by atoms with Gasteiger partial charge in [0.25, 0.3) is 0 Å². The van der Waals surface area contributed by atoms with E-state index in [2.05, 4.69) is 0 Å². The average molecular weight is 397 g/mol. The predicted octanol–water partition coefficient (Wildman–Crippen LogP) is 1.56. The number of hydrogen-bond donors (Lipinski definition) is 2. The first-order chi connectivity index (χ1) is 6.45. The van der Waals surface area contributed by atoms with Crippen molar-refractivity contribution < 1.29 is 40.9 Å². The van der Waals surface area contributed by atoms with Gasteiger partial charge in [0.1, 0.15) is 0 Å². The molecule has 1 fully saturated rings. The number of carbonyl (C=O) groups is 2. The van der Waals surface area contributed by atoms with E-state index in [0.29, 0.717) is 0 Å². The van der Waals surface area contributed by atoms with E-state index in [9.17, 15) is 0 Å². The zero-order valence-corrected chi connectivity index (χ0v) is 10.3. The minimum absolute atomic E-state index is 0. The first kappa shape index (κ1) is 17.0. The topological polar surface area (TPSA) is 122 Å². The molecule has 15 heavy (non-hydrogen) atoms. The van der Waals surface area contributed by atoms with Crippen LogP contribution < -0.4 is 0 Å². The Morgan fingerprint density at radius 1 is 0.933 bits per heavy atom. The molecule has 1 rings (SSSR count). The van der Waals surface area contributed by atoms with Crippen molar-refractivity contribution >= 4 is 11.9 Å². The van der Waals surface area contributed by atoms with Crippen LogP contribution in [-0.2, 0) is 30.7 Å². The van der Waals surface area contributed by atoms with E-state index >= 15 is 0 Å². The molecular weight excluding hydrogens is 383 g/mol. The van der Waals surface area contributed by atoms with Crippen molar-refractivity contribution in [2.24, 2.45) is 0 Å². The van der Waals surface area contributed by atoms with Gasteiger partial charge in [-0.2, -0.15) is 12.1 Å². The maximum Gasteiger partial charge on any atom is 2.00 e. The first-order valence-corrected chi connectivity index (χ1v) is 4.33. The average Bonchev–Trinajstić information content (AvgIpc) is 2.11. The van der Waals surface area contributed by atoms with E-state index in [1.807, 2.05) is 0 Å². The third-order valence-corrected chi connectivity index (χ3v) is 1.95. The molecule has 7 heteroatoms. The predicted molar refractivity (Wildman–Crippen MR) is 50.0 cm³/mol. The number of rotatable bonds is 0. The molecule has 1 unspecified atom stereocenters. The van der Waals surface area contributed by atoms with Crippen molar-refractivity contribution in [3.8, 4) is 0 Å². The molecule has 90 valence electrons.